The summed E-state index contributed by atoms with van der Waals surface area (Å²) in [7, 11) is 0. The quantitative estimate of drug-likeness (QED) is 0.600. The fourth-order valence-electron chi connectivity index (χ4n) is 1.61. The van der Waals surface area contributed by atoms with Crippen molar-refractivity contribution in [2.24, 2.45) is 0 Å². The molecular weight excluding hydrogens is 222 g/mol. The highest BCUT2D eigenvalue weighted by atomic mass is 16.5. The van der Waals surface area contributed by atoms with E-state index in [1.54, 1.807) is 18.5 Å². The topological polar surface area (TPSA) is 73.2 Å². The molecule has 94 valence electrons. The van der Waals surface area contributed by atoms with E-state index in [1.165, 1.54) is 0 Å². The number of aromatic nitrogens is 2. The lowest BCUT2D eigenvalue weighted by molar-refractivity contribution is -0.105. The summed E-state index contributed by atoms with van der Waals surface area (Å²) in [5.41, 5.74) is 0.883. The molecule has 6 heteroatoms. The van der Waals surface area contributed by atoms with E-state index in [0.717, 1.165) is 6.42 Å². The van der Waals surface area contributed by atoms with Gasteiger partial charge in [-0.2, -0.15) is 5.10 Å². The average Bonchev–Trinajstić information content (AvgIpc) is 2.57. The Bertz CT molecular complexity index is 412. The Hall–Kier alpha value is -1.85. The van der Waals surface area contributed by atoms with Gasteiger partial charge < -0.3 is 10.1 Å². The smallest absolute Gasteiger partial charge is 0.343 e. The molecule has 0 radical (unpaired) electrons. The van der Waals surface area contributed by atoms with Crippen LogP contribution in [0.3, 0.4) is 0 Å². The van der Waals surface area contributed by atoms with E-state index >= 15 is 0 Å². The predicted octanol–water partition coefficient (Wildman–Crippen LogP) is 1.35. The highest BCUT2D eigenvalue weighted by molar-refractivity contribution is 5.98. The number of aryl methyl sites for hydroxylation is 2. The first-order chi connectivity index (χ1) is 8.15. The minimum Gasteiger partial charge on any atom is -0.462 e. The van der Waals surface area contributed by atoms with Crippen LogP contribution in [0.15, 0.2) is 0 Å². The van der Waals surface area contributed by atoms with E-state index in [0.29, 0.717) is 30.0 Å². The first-order valence-electron chi connectivity index (χ1n) is 5.60. The first-order valence-corrected chi connectivity index (χ1v) is 5.60. The summed E-state index contributed by atoms with van der Waals surface area (Å²) in [6.07, 6.45) is 1.39. The zero-order chi connectivity index (χ0) is 12.8. The minimum absolute atomic E-state index is 0.289. The Morgan fingerprint density at radius 3 is 2.76 bits per heavy atom. The third-order valence-corrected chi connectivity index (χ3v) is 2.24. The summed E-state index contributed by atoms with van der Waals surface area (Å²) < 4.78 is 6.55. The molecule has 0 aromatic carbocycles. The highest BCUT2D eigenvalue weighted by Crippen LogP contribution is 2.20. The summed E-state index contributed by atoms with van der Waals surface area (Å²) in [5.74, 6) is -0.0606. The number of carbonyl (C=O) groups is 2. The standard InChI is InChI=1S/C11H17N3O3/c1-4-6-14-10(12-7-15)9(8(3)13-14)11(16)17-5-2/h7H,4-6H2,1-3H3,(H,12,15). The maximum atomic E-state index is 11.7. The Balaban J connectivity index is 3.16. The van der Waals surface area contributed by atoms with Crippen LogP contribution in [0.25, 0.3) is 0 Å². The van der Waals surface area contributed by atoms with E-state index < -0.39 is 5.97 Å². The molecule has 0 saturated carbocycles. The number of nitrogens with zero attached hydrogens (tertiary/aromatic N) is 2. The molecule has 0 spiro atoms. The van der Waals surface area contributed by atoms with Gasteiger partial charge in [0, 0.05) is 6.54 Å². The fourth-order valence-corrected chi connectivity index (χ4v) is 1.61. The Morgan fingerprint density at radius 1 is 1.53 bits per heavy atom. The molecule has 1 rings (SSSR count). The molecule has 1 aromatic rings. The van der Waals surface area contributed by atoms with Crippen LogP contribution in [-0.2, 0) is 16.1 Å². The fraction of sp³-hybridized carbons (Fsp3) is 0.545. The number of carbonyl (C=O) groups excluding carboxylic acids is 2. The van der Waals surface area contributed by atoms with Crippen molar-refractivity contribution in [2.75, 3.05) is 11.9 Å². The van der Waals surface area contributed by atoms with Crippen LogP contribution < -0.4 is 5.32 Å². The van der Waals surface area contributed by atoms with Crippen LogP contribution >= 0.6 is 0 Å². The number of rotatable bonds is 6. The maximum Gasteiger partial charge on any atom is 0.343 e. The molecule has 6 nitrogen and oxygen atoms in total. The number of anilines is 1. The Morgan fingerprint density at radius 2 is 2.24 bits per heavy atom. The van der Waals surface area contributed by atoms with Crippen molar-refractivity contribution in [3.8, 4) is 0 Å². The molecule has 0 aliphatic carbocycles. The average molecular weight is 239 g/mol. The minimum atomic E-state index is -0.461. The molecule has 0 unspecified atom stereocenters. The number of hydrogen-bond acceptors (Lipinski definition) is 4. The van der Waals surface area contributed by atoms with Gasteiger partial charge in [0.15, 0.2) is 0 Å². The molecule has 1 N–H and O–H groups in total. The molecule has 1 amide bonds. The van der Waals surface area contributed by atoms with Crippen molar-refractivity contribution in [3.05, 3.63) is 11.3 Å². The SMILES string of the molecule is CCCn1nc(C)c(C(=O)OCC)c1NC=O. The van der Waals surface area contributed by atoms with E-state index in [9.17, 15) is 9.59 Å². The molecule has 0 bridgehead atoms. The molecule has 1 heterocycles. The van der Waals surface area contributed by atoms with Gasteiger partial charge in [-0.05, 0) is 20.3 Å². The molecule has 17 heavy (non-hydrogen) atoms. The predicted molar refractivity (Wildman–Crippen MR) is 62.9 cm³/mol. The zero-order valence-corrected chi connectivity index (χ0v) is 10.3. The highest BCUT2D eigenvalue weighted by Gasteiger charge is 2.22. The summed E-state index contributed by atoms with van der Waals surface area (Å²) in [6, 6.07) is 0. The van der Waals surface area contributed by atoms with E-state index in [2.05, 4.69) is 10.4 Å². The lowest BCUT2D eigenvalue weighted by Gasteiger charge is -2.06. The zero-order valence-electron chi connectivity index (χ0n) is 10.3. The van der Waals surface area contributed by atoms with Gasteiger partial charge in [0.05, 0.1) is 12.3 Å². The number of esters is 1. The largest absolute Gasteiger partial charge is 0.462 e. The van der Waals surface area contributed by atoms with Crippen LogP contribution in [0.4, 0.5) is 5.82 Å². The van der Waals surface area contributed by atoms with Gasteiger partial charge in [0.25, 0.3) is 0 Å². The van der Waals surface area contributed by atoms with Gasteiger partial charge in [-0.15, -0.1) is 0 Å². The van der Waals surface area contributed by atoms with Crippen molar-refractivity contribution in [1.29, 1.82) is 0 Å². The Labute approximate surface area is 99.9 Å². The lowest BCUT2D eigenvalue weighted by atomic mass is 10.2. The molecular formula is C11H17N3O3. The monoisotopic (exact) mass is 239 g/mol. The number of nitrogens with one attached hydrogen (secondary N) is 1. The molecule has 1 aromatic heterocycles. The summed E-state index contributed by atoms with van der Waals surface area (Å²) in [6.45, 7) is 6.37. The number of hydrogen-bond donors (Lipinski definition) is 1. The van der Waals surface area contributed by atoms with Gasteiger partial charge >= 0.3 is 5.97 Å². The van der Waals surface area contributed by atoms with E-state index in [1.807, 2.05) is 6.92 Å². The third kappa shape index (κ3) is 2.83. The number of ether oxygens (including phenoxy) is 1. The van der Waals surface area contributed by atoms with Gasteiger partial charge in [-0.3, -0.25) is 4.79 Å². The maximum absolute atomic E-state index is 11.7. The summed E-state index contributed by atoms with van der Waals surface area (Å²) in [4.78, 5) is 22.3. The molecule has 0 atom stereocenters. The van der Waals surface area contributed by atoms with Gasteiger partial charge in [-0.1, -0.05) is 6.92 Å². The number of amides is 1. The van der Waals surface area contributed by atoms with E-state index in [-0.39, 0.29) is 6.61 Å². The molecule has 0 aliphatic rings. The van der Waals surface area contributed by atoms with Gasteiger partial charge in [-0.25, -0.2) is 9.48 Å². The van der Waals surface area contributed by atoms with Crippen molar-refractivity contribution < 1.29 is 14.3 Å². The second-order valence-electron chi connectivity index (χ2n) is 3.51. The van der Waals surface area contributed by atoms with Crippen molar-refractivity contribution in [2.45, 2.75) is 33.7 Å². The van der Waals surface area contributed by atoms with Crippen LogP contribution in [0.2, 0.25) is 0 Å². The third-order valence-electron chi connectivity index (χ3n) is 2.24. The molecule has 0 fully saturated rings. The second kappa shape index (κ2) is 6.03. The van der Waals surface area contributed by atoms with Crippen LogP contribution in [-0.4, -0.2) is 28.8 Å². The first kappa shape index (κ1) is 13.2. The van der Waals surface area contributed by atoms with Crippen LogP contribution in [0, 0.1) is 6.92 Å². The molecule has 0 aliphatic heterocycles. The van der Waals surface area contributed by atoms with Gasteiger partial charge in [0.2, 0.25) is 6.41 Å². The van der Waals surface area contributed by atoms with Crippen LogP contribution in [0.5, 0.6) is 0 Å². The molecule has 0 saturated heterocycles. The van der Waals surface area contributed by atoms with Crippen molar-refractivity contribution in [1.82, 2.24) is 9.78 Å². The van der Waals surface area contributed by atoms with E-state index in [4.69, 9.17) is 4.74 Å². The van der Waals surface area contributed by atoms with Crippen LogP contribution in [0.1, 0.15) is 36.3 Å². The van der Waals surface area contributed by atoms with Gasteiger partial charge in [0.1, 0.15) is 11.4 Å². The summed E-state index contributed by atoms with van der Waals surface area (Å²) >= 11 is 0. The lowest BCUT2D eigenvalue weighted by Crippen LogP contribution is -2.11. The second-order valence-corrected chi connectivity index (χ2v) is 3.51. The summed E-state index contributed by atoms with van der Waals surface area (Å²) in [5, 5.41) is 6.73. The Kier molecular flexibility index (Phi) is 4.68. The van der Waals surface area contributed by atoms with Crippen molar-refractivity contribution in [3.63, 3.8) is 0 Å². The normalized spacial score (nSPS) is 10.1. The van der Waals surface area contributed by atoms with Crippen molar-refractivity contribution >= 4 is 18.2 Å².